The van der Waals surface area contributed by atoms with E-state index in [-0.39, 0.29) is 34.2 Å². The van der Waals surface area contributed by atoms with Gasteiger partial charge in [0.2, 0.25) is 5.91 Å². The number of hydrogen-bond acceptors (Lipinski definition) is 5. The van der Waals surface area contributed by atoms with Gasteiger partial charge in [-0.3, -0.25) is 4.79 Å². The highest BCUT2D eigenvalue weighted by Gasteiger charge is 2.42. The minimum Gasteiger partial charge on any atom is -0.310 e. The Hall–Kier alpha value is -3.16. The van der Waals surface area contributed by atoms with Crippen molar-refractivity contribution in [1.82, 2.24) is 24.7 Å². The highest BCUT2D eigenvalue weighted by molar-refractivity contribution is 14.1. The first-order valence-electron chi connectivity index (χ1n) is 10.0. The molecule has 0 fully saturated rings. The van der Waals surface area contributed by atoms with Crippen molar-refractivity contribution in [3.8, 4) is 11.5 Å². The van der Waals surface area contributed by atoms with Crippen LogP contribution >= 0.6 is 22.6 Å². The molecule has 1 aliphatic rings. The molecule has 174 valence electrons. The number of fused-ring (bicyclic) bond motifs is 2. The number of aromatic nitrogens is 5. The number of hydrogen-bond donors (Lipinski definition) is 1. The second-order valence-corrected chi connectivity index (χ2v) is 9.42. The Morgan fingerprint density at radius 3 is 2.50 bits per heavy atom. The molecular formula is C22H15F4IN6O. The molecule has 0 saturated carbocycles. The van der Waals surface area contributed by atoms with Crippen LogP contribution in [-0.2, 0) is 16.8 Å². The van der Waals surface area contributed by atoms with E-state index >= 15 is 0 Å². The number of nitrogens with zero attached hydrogens (tertiary/aromatic N) is 5. The molecular weight excluding hydrogens is 567 g/mol. The quantitative estimate of drug-likeness (QED) is 0.165. The van der Waals surface area contributed by atoms with E-state index in [2.05, 4.69) is 25.4 Å². The number of pyridine rings is 1. The number of anilines is 1. The molecule has 0 saturated heterocycles. The third-order valence-corrected chi connectivity index (χ3v) is 6.58. The van der Waals surface area contributed by atoms with Crippen LogP contribution in [0.15, 0.2) is 18.2 Å². The van der Waals surface area contributed by atoms with Crippen molar-refractivity contribution in [3.63, 3.8) is 0 Å². The maximum atomic E-state index is 14.4. The Morgan fingerprint density at radius 2 is 1.76 bits per heavy atom. The van der Waals surface area contributed by atoms with E-state index in [1.807, 2.05) is 22.6 Å². The Kier molecular flexibility index (Phi) is 5.11. The molecule has 34 heavy (non-hydrogen) atoms. The van der Waals surface area contributed by atoms with Crippen LogP contribution in [-0.4, -0.2) is 30.6 Å². The van der Waals surface area contributed by atoms with Gasteiger partial charge in [-0.25, -0.2) is 37.2 Å². The van der Waals surface area contributed by atoms with Crippen LogP contribution in [0, 0.1) is 33.9 Å². The zero-order chi connectivity index (χ0) is 24.5. The molecule has 1 aliphatic heterocycles. The van der Waals surface area contributed by atoms with Crippen LogP contribution in [0.1, 0.15) is 30.7 Å². The number of rotatable bonds is 3. The minimum absolute atomic E-state index is 0.0406. The predicted octanol–water partition coefficient (Wildman–Crippen LogP) is 4.64. The second kappa shape index (κ2) is 7.68. The summed E-state index contributed by atoms with van der Waals surface area (Å²) in [6.45, 7) is 4.42. The van der Waals surface area contributed by atoms with Crippen molar-refractivity contribution in [2.45, 2.75) is 32.7 Å². The van der Waals surface area contributed by atoms with Gasteiger partial charge in [-0.05, 0) is 61.6 Å². The number of benzene rings is 1. The zero-order valence-electron chi connectivity index (χ0n) is 18.0. The van der Waals surface area contributed by atoms with Gasteiger partial charge in [-0.1, -0.05) is 0 Å². The Morgan fingerprint density at radius 1 is 1.06 bits per heavy atom. The van der Waals surface area contributed by atoms with Crippen molar-refractivity contribution < 1.29 is 22.4 Å². The average molecular weight is 582 g/mol. The summed E-state index contributed by atoms with van der Waals surface area (Å²) in [6.07, 6.45) is 0. The first-order chi connectivity index (χ1) is 16.0. The van der Waals surface area contributed by atoms with Crippen LogP contribution in [0.5, 0.6) is 0 Å². The topological polar surface area (TPSA) is 85.6 Å². The number of amides is 1. The van der Waals surface area contributed by atoms with Crippen LogP contribution in [0.25, 0.3) is 22.6 Å². The molecule has 4 aromatic rings. The van der Waals surface area contributed by atoms with E-state index in [0.717, 1.165) is 10.7 Å². The molecule has 0 spiro atoms. The van der Waals surface area contributed by atoms with Crippen molar-refractivity contribution in [3.05, 3.63) is 62.0 Å². The van der Waals surface area contributed by atoms with Crippen molar-refractivity contribution in [2.75, 3.05) is 5.32 Å². The number of aryl methyl sites for hydroxylation is 1. The molecule has 1 aromatic carbocycles. The van der Waals surface area contributed by atoms with E-state index < -0.39 is 40.8 Å². The first kappa shape index (κ1) is 22.6. The summed E-state index contributed by atoms with van der Waals surface area (Å²) in [6, 6.07) is 2.69. The molecule has 0 atom stereocenters. The van der Waals surface area contributed by atoms with Gasteiger partial charge in [0.15, 0.2) is 23.1 Å². The summed E-state index contributed by atoms with van der Waals surface area (Å²) >= 11 is 1.98. The van der Waals surface area contributed by atoms with Crippen LogP contribution in [0.2, 0.25) is 0 Å². The van der Waals surface area contributed by atoms with Crippen LogP contribution in [0.4, 0.5) is 23.4 Å². The normalized spacial score (nSPS) is 14.5. The van der Waals surface area contributed by atoms with Gasteiger partial charge in [0.25, 0.3) is 0 Å². The average Bonchev–Trinajstić information content (AvgIpc) is 3.22. The fourth-order valence-electron chi connectivity index (χ4n) is 3.86. The van der Waals surface area contributed by atoms with E-state index in [0.29, 0.717) is 21.1 Å². The van der Waals surface area contributed by atoms with E-state index in [9.17, 15) is 22.4 Å². The molecule has 0 bridgehead atoms. The first-order valence-corrected chi connectivity index (χ1v) is 11.1. The fraction of sp³-hybridized carbons (Fsp3) is 0.227. The molecule has 4 heterocycles. The number of carbonyl (C=O) groups is 1. The third-order valence-electron chi connectivity index (χ3n) is 5.80. The van der Waals surface area contributed by atoms with Crippen LogP contribution in [0.3, 0.4) is 0 Å². The van der Waals surface area contributed by atoms with Crippen molar-refractivity contribution in [2.24, 2.45) is 0 Å². The van der Waals surface area contributed by atoms with Crippen molar-refractivity contribution in [1.29, 1.82) is 0 Å². The van der Waals surface area contributed by atoms with Crippen molar-refractivity contribution >= 4 is 45.3 Å². The standard InChI is InChI=1S/C22H15F4IN6O/c1-8-13(25)6-9-16(19-29-17(27)14-18(30-19)31-21(34)22(14,2)3)32-33(20(9)28-8)7-10-11(23)4-5-12(24)15(10)26/h4-6H,7H2,1-3H3,(H,29,30,31,34). The van der Waals surface area contributed by atoms with Gasteiger partial charge in [-0.2, -0.15) is 5.10 Å². The summed E-state index contributed by atoms with van der Waals surface area (Å²) in [5.41, 5.74) is -0.534. The van der Waals surface area contributed by atoms with Gasteiger partial charge in [-0.15, -0.1) is 0 Å². The monoisotopic (exact) mass is 582 g/mol. The maximum Gasteiger partial charge on any atom is 0.235 e. The predicted molar refractivity (Wildman–Crippen MR) is 123 cm³/mol. The van der Waals surface area contributed by atoms with E-state index in [4.69, 9.17) is 0 Å². The maximum absolute atomic E-state index is 14.4. The Bertz CT molecular complexity index is 1530. The smallest absolute Gasteiger partial charge is 0.235 e. The lowest BCUT2D eigenvalue weighted by atomic mass is 9.88. The summed E-state index contributed by atoms with van der Waals surface area (Å²) in [4.78, 5) is 25.5. The largest absolute Gasteiger partial charge is 0.310 e. The van der Waals surface area contributed by atoms with Crippen LogP contribution < -0.4 is 5.32 Å². The lowest BCUT2D eigenvalue weighted by Crippen LogP contribution is -2.27. The lowest BCUT2D eigenvalue weighted by Gasteiger charge is -2.15. The highest BCUT2D eigenvalue weighted by atomic mass is 127. The van der Waals surface area contributed by atoms with Gasteiger partial charge < -0.3 is 5.32 Å². The summed E-state index contributed by atoms with van der Waals surface area (Å²) in [7, 11) is 0. The molecule has 0 unspecified atom stereocenters. The highest BCUT2D eigenvalue weighted by Crippen LogP contribution is 2.40. The van der Waals surface area contributed by atoms with Gasteiger partial charge in [0.1, 0.15) is 26.8 Å². The second-order valence-electron chi connectivity index (χ2n) is 8.40. The molecule has 0 radical (unpaired) electrons. The van der Waals surface area contributed by atoms with E-state index in [1.54, 1.807) is 13.8 Å². The van der Waals surface area contributed by atoms with Gasteiger partial charge in [0.05, 0.1) is 23.0 Å². The third kappa shape index (κ3) is 3.34. The summed E-state index contributed by atoms with van der Waals surface area (Å²) < 4.78 is 58.5. The molecule has 3 aromatic heterocycles. The minimum atomic E-state index is -1.35. The number of halogens is 5. The SMILES string of the molecule is Cc1nc2c(cc1F)c(-c1nc(I)c3c(n1)NC(=O)C3(C)C)nn2Cc1c(F)ccc(F)c1F. The molecule has 12 heteroatoms. The van der Waals surface area contributed by atoms with E-state index in [1.165, 1.54) is 13.0 Å². The molecule has 1 N–H and O–H groups in total. The summed E-state index contributed by atoms with van der Waals surface area (Å²) in [5, 5.41) is 7.27. The molecule has 1 amide bonds. The lowest BCUT2D eigenvalue weighted by molar-refractivity contribution is -0.119. The fourth-order valence-corrected chi connectivity index (χ4v) is 5.02. The van der Waals surface area contributed by atoms with Gasteiger partial charge in [0, 0.05) is 11.1 Å². The van der Waals surface area contributed by atoms with Gasteiger partial charge >= 0.3 is 0 Å². The molecule has 0 aliphatic carbocycles. The zero-order valence-corrected chi connectivity index (χ0v) is 20.1. The molecule has 5 rings (SSSR count). The molecule has 7 nitrogen and oxygen atoms in total. The number of carbonyl (C=O) groups excluding carboxylic acids is 1. The number of nitrogens with one attached hydrogen (secondary N) is 1. The summed E-state index contributed by atoms with van der Waals surface area (Å²) in [5.74, 6) is -4.03. The Labute approximate surface area is 203 Å². The Balaban J connectivity index is 1.72.